The van der Waals surface area contributed by atoms with E-state index >= 15 is 0 Å². The molecule has 3 aromatic carbocycles. The molecule has 0 radical (unpaired) electrons. The summed E-state index contributed by atoms with van der Waals surface area (Å²) in [6, 6.07) is 20.2. The molecular formula is C27H22N2O5. The molecule has 2 bridgehead atoms. The van der Waals surface area contributed by atoms with Gasteiger partial charge in [-0.3, -0.25) is 19.7 Å². The number of methoxy groups -OCH3 is 1. The van der Waals surface area contributed by atoms with Crippen molar-refractivity contribution in [2.75, 3.05) is 12.0 Å². The highest BCUT2D eigenvalue weighted by molar-refractivity contribution is 6.25. The van der Waals surface area contributed by atoms with Crippen molar-refractivity contribution in [2.24, 2.45) is 11.8 Å². The number of imide groups is 1. The molecule has 34 heavy (non-hydrogen) atoms. The third-order valence-corrected chi connectivity index (χ3v) is 8.26. The van der Waals surface area contributed by atoms with Crippen LogP contribution in [0.15, 0.2) is 66.7 Å². The molecule has 7 rings (SSSR count). The van der Waals surface area contributed by atoms with Crippen LogP contribution in [0, 0.1) is 22.0 Å². The second kappa shape index (κ2) is 6.53. The number of benzene rings is 3. The van der Waals surface area contributed by atoms with Gasteiger partial charge in [-0.05, 0) is 34.4 Å². The van der Waals surface area contributed by atoms with Gasteiger partial charge in [0.15, 0.2) is 0 Å². The first-order valence-corrected chi connectivity index (χ1v) is 11.2. The van der Waals surface area contributed by atoms with E-state index < -0.39 is 39.4 Å². The van der Waals surface area contributed by atoms with E-state index in [1.807, 2.05) is 62.4 Å². The van der Waals surface area contributed by atoms with Crippen LogP contribution >= 0.6 is 0 Å². The zero-order valence-corrected chi connectivity index (χ0v) is 18.9. The minimum Gasteiger partial charge on any atom is -0.496 e. The molecule has 1 fully saturated rings. The van der Waals surface area contributed by atoms with Crippen molar-refractivity contribution < 1.29 is 19.2 Å². The number of ether oxygens (including phenoxy) is 1. The SMILES string of the molecule is COc1ccc(N2C(=O)[C@H]3[C@H](C2=O)C2(C)c4ccccc4C3(C)c3ccccc32)c([N+](=O)[O-])c1. The zero-order chi connectivity index (χ0) is 24.0. The lowest BCUT2D eigenvalue weighted by atomic mass is 9.42. The predicted octanol–water partition coefficient (Wildman–Crippen LogP) is 4.35. The Hall–Kier alpha value is -4.00. The lowest BCUT2D eigenvalue weighted by Crippen LogP contribution is -2.59. The minimum atomic E-state index is -0.738. The van der Waals surface area contributed by atoms with Gasteiger partial charge in [-0.2, -0.15) is 0 Å². The van der Waals surface area contributed by atoms with Crippen LogP contribution in [0.3, 0.4) is 0 Å². The standard InChI is InChI=1S/C27H22N2O5/c1-26-16-8-4-6-10-18(16)27(2,19-11-7-5-9-17(19)26)23-22(26)24(30)28(25(23)31)20-13-12-15(34-3)14-21(20)29(32)33/h4-14,22-23H,1-3H3/t22-,23-,26?,27?/m1/s1. The molecule has 1 aliphatic heterocycles. The molecule has 0 unspecified atom stereocenters. The quantitative estimate of drug-likeness (QED) is 0.334. The van der Waals surface area contributed by atoms with Crippen molar-refractivity contribution in [3.63, 3.8) is 0 Å². The van der Waals surface area contributed by atoms with Crippen LogP contribution in [0.1, 0.15) is 36.1 Å². The molecule has 2 atom stereocenters. The Labute approximate surface area is 196 Å². The topological polar surface area (TPSA) is 89.8 Å². The van der Waals surface area contributed by atoms with Crippen molar-refractivity contribution in [1.29, 1.82) is 0 Å². The fourth-order valence-corrected chi connectivity index (χ4v) is 6.77. The van der Waals surface area contributed by atoms with Gasteiger partial charge in [0.1, 0.15) is 11.4 Å². The number of amides is 2. The van der Waals surface area contributed by atoms with Crippen LogP contribution in [0.25, 0.3) is 0 Å². The summed E-state index contributed by atoms with van der Waals surface area (Å²) in [6.45, 7) is 4.05. The molecular weight excluding hydrogens is 432 g/mol. The lowest BCUT2D eigenvalue weighted by Gasteiger charge is -2.57. The van der Waals surface area contributed by atoms with Gasteiger partial charge in [0, 0.05) is 10.8 Å². The maximum Gasteiger partial charge on any atom is 0.297 e. The summed E-state index contributed by atoms with van der Waals surface area (Å²) in [5, 5.41) is 11.9. The average Bonchev–Trinajstić information content (AvgIpc) is 3.13. The van der Waals surface area contributed by atoms with E-state index in [1.165, 1.54) is 25.3 Å². The summed E-state index contributed by atoms with van der Waals surface area (Å²) in [5.41, 5.74) is 2.30. The van der Waals surface area contributed by atoms with Crippen LogP contribution in [-0.4, -0.2) is 23.8 Å². The summed E-state index contributed by atoms with van der Waals surface area (Å²) >= 11 is 0. The summed E-state index contributed by atoms with van der Waals surface area (Å²) < 4.78 is 5.14. The molecule has 4 aliphatic rings. The monoisotopic (exact) mass is 454 g/mol. The number of nitro groups is 1. The third-order valence-electron chi connectivity index (χ3n) is 8.26. The number of carbonyl (C=O) groups excluding carboxylic acids is 2. The smallest absolute Gasteiger partial charge is 0.297 e. The van der Waals surface area contributed by atoms with E-state index in [9.17, 15) is 19.7 Å². The maximum absolute atomic E-state index is 14.1. The van der Waals surface area contributed by atoms with Crippen molar-refractivity contribution in [3.05, 3.63) is 99.1 Å². The Morgan fingerprint density at radius 1 is 0.824 bits per heavy atom. The van der Waals surface area contributed by atoms with Gasteiger partial charge in [-0.15, -0.1) is 0 Å². The lowest BCUT2D eigenvalue weighted by molar-refractivity contribution is -0.384. The molecule has 2 amide bonds. The molecule has 3 aliphatic carbocycles. The summed E-state index contributed by atoms with van der Waals surface area (Å²) in [4.78, 5) is 40.5. The first-order chi connectivity index (χ1) is 16.3. The molecule has 3 aromatic rings. The highest BCUT2D eigenvalue weighted by Gasteiger charge is 2.71. The largest absolute Gasteiger partial charge is 0.496 e. The highest BCUT2D eigenvalue weighted by Crippen LogP contribution is 2.66. The molecule has 1 heterocycles. The fourth-order valence-electron chi connectivity index (χ4n) is 6.77. The van der Waals surface area contributed by atoms with Crippen LogP contribution < -0.4 is 9.64 Å². The van der Waals surface area contributed by atoms with Crippen molar-refractivity contribution in [3.8, 4) is 5.75 Å². The number of rotatable bonds is 3. The van der Waals surface area contributed by atoms with Gasteiger partial charge in [0.2, 0.25) is 11.8 Å². The third kappa shape index (κ3) is 2.17. The zero-order valence-electron chi connectivity index (χ0n) is 18.9. The van der Waals surface area contributed by atoms with Gasteiger partial charge >= 0.3 is 0 Å². The minimum absolute atomic E-state index is 0.0186. The Balaban J connectivity index is 1.63. The van der Waals surface area contributed by atoms with E-state index in [4.69, 9.17) is 4.74 Å². The van der Waals surface area contributed by atoms with Crippen LogP contribution in [-0.2, 0) is 20.4 Å². The van der Waals surface area contributed by atoms with E-state index in [0.29, 0.717) is 0 Å². The second-order valence-electron chi connectivity index (χ2n) is 9.57. The van der Waals surface area contributed by atoms with Crippen molar-refractivity contribution in [1.82, 2.24) is 0 Å². The van der Waals surface area contributed by atoms with Crippen molar-refractivity contribution in [2.45, 2.75) is 24.7 Å². The fraction of sp³-hybridized carbons (Fsp3) is 0.259. The molecule has 0 N–H and O–H groups in total. The highest BCUT2D eigenvalue weighted by atomic mass is 16.6. The van der Waals surface area contributed by atoms with E-state index in [0.717, 1.165) is 27.2 Å². The molecule has 7 heteroatoms. The molecule has 1 saturated heterocycles. The molecule has 170 valence electrons. The Kier molecular flexibility index (Phi) is 3.96. The predicted molar refractivity (Wildman–Crippen MR) is 125 cm³/mol. The Morgan fingerprint density at radius 3 is 1.65 bits per heavy atom. The molecule has 0 saturated carbocycles. The van der Waals surface area contributed by atoms with E-state index in [-0.39, 0.29) is 17.1 Å². The number of anilines is 1. The molecule has 7 nitrogen and oxygen atoms in total. The van der Waals surface area contributed by atoms with Crippen LogP contribution in [0.4, 0.5) is 11.4 Å². The number of nitrogens with zero attached hydrogens (tertiary/aromatic N) is 2. The number of hydrogen-bond acceptors (Lipinski definition) is 5. The first kappa shape index (κ1) is 20.6. The van der Waals surface area contributed by atoms with Gasteiger partial charge in [0.25, 0.3) is 5.69 Å². The van der Waals surface area contributed by atoms with Gasteiger partial charge in [-0.25, -0.2) is 4.90 Å². The van der Waals surface area contributed by atoms with E-state index in [1.54, 1.807) is 0 Å². The van der Waals surface area contributed by atoms with Gasteiger partial charge in [-0.1, -0.05) is 62.4 Å². The van der Waals surface area contributed by atoms with Crippen LogP contribution in [0.2, 0.25) is 0 Å². The van der Waals surface area contributed by atoms with Gasteiger partial charge < -0.3 is 4.74 Å². The maximum atomic E-state index is 14.1. The van der Waals surface area contributed by atoms with Gasteiger partial charge in [0.05, 0.1) is 29.9 Å². The second-order valence-corrected chi connectivity index (χ2v) is 9.57. The normalized spacial score (nSPS) is 28.4. The Morgan fingerprint density at radius 2 is 1.26 bits per heavy atom. The number of nitro benzene ring substituents is 1. The molecule has 0 aromatic heterocycles. The molecule has 0 spiro atoms. The van der Waals surface area contributed by atoms with Crippen LogP contribution in [0.5, 0.6) is 5.75 Å². The number of hydrogen-bond donors (Lipinski definition) is 0. The average molecular weight is 454 g/mol. The Bertz CT molecular complexity index is 1310. The summed E-state index contributed by atoms with van der Waals surface area (Å²) in [7, 11) is 1.41. The summed E-state index contributed by atoms with van der Waals surface area (Å²) in [5.74, 6) is -1.86. The number of carbonyl (C=O) groups is 2. The van der Waals surface area contributed by atoms with E-state index in [2.05, 4.69) is 0 Å². The van der Waals surface area contributed by atoms with Crippen molar-refractivity contribution >= 4 is 23.2 Å². The first-order valence-electron chi connectivity index (χ1n) is 11.2. The summed E-state index contributed by atoms with van der Waals surface area (Å²) in [6.07, 6.45) is 0.